The molecule has 0 bridgehead atoms. The van der Waals surface area contributed by atoms with E-state index in [1.807, 2.05) is 12.2 Å². The number of halogens is 5. The van der Waals surface area contributed by atoms with Crippen LogP contribution in [0.4, 0.5) is 22.0 Å². The number of hydrogen-bond donors (Lipinski definition) is 1. The molecule has 4 atom stereocenters. The van der Waals surface area contributed by atoms with E-state index in [1.54, 1.807) is 48.1 Å². The van der Waals surface area contributed by atoms with Crippen LogP contribution < -0.4 is 10.1 Å². The monoisotopic (exact) mass is 505 g/mol. The Morgan fingerprint density at radius 3 is 2.58 bits per heavy atom. The molecule has 1 aromatic heterocycles. The second-order valence-corrected chi connectivity index (χ2v) is 8.88. The van der Waals surface area contributed by atoms with E-state index in [0.717, 1.165) is 5.52 Å². The van der Waals surface area contributed by atoms with Gasteiger partial charge in [-0.2, -0.15) is 18.3 Å². The fourth-order valence-electron chi connectivity index (χ4n) is 4.17. The Labute approximate surface area is 204 Å². The lowest BCUT2D eigenvalue weighted by Crippen LogP contribution is -2.45. The van der Waals surface area contributed by atoms with Crippen LogP contribution in [0.15, 0.2) is 66.6 Å². The summed E-state index contributed by atoms with van der Waals surface area (Å²) in [6.07, 6.45) is 0.0350. The van der Waals surface area contributed by atoms with Crippen LogP contribution in [0, 0.1) is 18.7 Å². The second kappa shape index (κ2) is 9.75. The van der Waals surface area contributed by atoms with E-state index < -0.39 is 30.0 Å². The molecule has 1 aliphatic rings. The summed E-state index contributed by atoms with van der Waals surface area (Å²) in [4.78, 5) is 11.5. The van der Waals surface area contributed by atoms with Gasteiger partial charge in [-0.05, 0) is 61.4 Å². The van der Waals surface area contributed by atoms with Crippen LogP contribution in [-0.4, -0.2) is 27.9 Å². The Hall–Kier alpha value is -3.69. The molecule has 1 N–H and O–H groups in total. The molecule has 0 saturated carbocycles. The lowest BCUT2D eigenvalue weighted by atomic mass is 9.96. The van der Waals surface area contributed by atoms with Gasteiger partial charge in [-0.3, -0.25) is 9.48 Å². The van der Waals surface area contributed by atoms with Crippen molar-refractivity contribution in [2.75, 3.05) is 0 Å². The molecule has 0 saturated heterocycles. The highest BCUT2D eigenvalue weighted by Gasteiger charge is 2.40. The zero-order valence-electron chi connectivity index (χ0n) is 19.7. The Morgan fingerprint density at radius 2 is 1.92 bits per heavy atom. The summed E-state index contributed by atoms with van der Waals surface area (Å²) in [7, 11) is 0. The maximum atomic E-state index is 14.3. The lowest BCUT2D eigenvalue weighted by Gasteiger charge is -2.27. The van der Waals surface area contributed by atoms with Crippen LogP contribution in [0.1, 0.15) is 37.1 Å². The van der Waals surface area contributed by atoms with Crippen molar-refractivity contribution in [3.63, 3.8) is 0 Å². The number of hydrogen-bond acceptors (Lipinski definition) is 3. The van der Waals surface area contributed by atoms with E-state index in [9.17, 15) is 26.7 Å². The van der Waals surface area contributed by atoms with Gasteiger partial charge in [0.1, 0.15) is 23.5 Å². The Balaban J connectivity index is 1.64. The average Bonchev–Trinajstić information content (AvgIpc) is 3.21. The minimum absolute atomic E-state index is 0.132. The van der Waals surface area contributed by atoms with Gasteiger partial charge in [-0.15, -0.1) is 0 Å². The maximum Gasteiger partial charge on any atom is 0.471 e. The van der Waals surface area contributed by atoms with Crippen molar-refractivity contribution < 1.29 is 31.5 Å². The van der Waals surface area contributed by atoms with Gasteiger partial charge in [0.25, 0.3) is 0 Å². The Morgan fingerprint density at radius 1 is 1.17 bits per heavy atom. The van der Waals surface area contributed by atoms with Gasteiger partial charge < -0.3 is 10.1 Å². The second-order valence-electron chi connectivity index (χ2n) is 8.88. The first-order valence-corrected chi connectivity index (χ1v) is 11.3. The molecule has 5 nitrogen and oxygen atoms in total. The number of fused-ring (bicyclic) bond motifs is 1. The molecule has 1 amide bonds. The lowest BCUT2D eigenvalue weighted by molar-refractivity contribution is -0.174. The molecule has 0 fully saturated rings. The van der Waals surface area contributed by atoms with Crippen molar-refractivity contribution in [1.82, 2.24) is 15.1 Å². The third-order valence-electron chi connectivity index (χ3n) is 6.12. The normalized spacial score (nSPS) is 19.6. The van der Waals surface area contributed by atoms with Crippen molar-refractivity contribution in [3.05, 3.63) is 83.6 Å². The molecule has 3 aromatic rings. The van der Waals surface area contributed by atoms with Gasteiger partial charge >= 0.3 is 12.1 Å². The van der Waals surface area contributed by atoms with Gasteiger partial charge in [0.15, 0.2) is 0 Å². The standard InChI is InChI=1S/C26H24F5N3O2/c1-14-4-5-17(12-21(14)28)24(16(3)33-25(35)26(29,30)31)36-20-7-9-23-18(11-20)13-32-34(23)22-8-6-19(27)10-15(22)2/h4-13,15-16,22,24H,1-3H3,(H,33,35)/t15?,16-,22?,24-/m0/s1. The van der Waals surface area contributed by atoms with Gasteiger partial charge in [-0.25, -0.2) is 8.78 Å². The van der Waals surface area contributed by atoms with Crippen molar-refractivity contribution in [2.24, 2.45) is 5.92 Å². The first-order chi connectivity index (χ1) is 16.9. The van der Waals surface area contributed by atoms with Gasteiger partial charge in [-0.1, -0.05) is 25.1 Å². The predicted octanol–water partition coefficient (Wildman–Crippen LogP) is 6.27. The minimum atomic E-state index is -5.08. The number of carbonyl (C=O) groups is 1. The summed E-state index contributed by atoms with van der Waals surface area (Å²) < 4.78 is 74.1. The molecule has 1 aliphatic carbocycles. The topological polar surface area (TPSA) is 56.1 Å². The van der Waals surface area contributed by atoms with Crippen LogP contribution in [0.3, 0.4) is 0 Å². The van der Waals surface area contributed by atoms with Gasteiger partial charge in [0.05, 0.1) is 23.8 Å². The van der Waals surface area contributed by atoms with E-state index in [1.165, 1.54) is 31.2 Å². The van der Waals surface area contributed by atoms with Crippen LogP contribution in [-0.2, 0) is 4.79 Å². The molecule has 2 unspecified atom stereocenters. The summed E-state index contributed by atoms with van der Waals surface area (Å²) in [5, 5.41) is 7.00. The number of nitrogens with zero attached hydrogens (tertiary/aromatic N) is 2. The summed E-state index contributed by atoms with van der Waals surface area (Å²) in [6, 6.07) is 7.87. The fraction of sp³-hybridized carbons (Fsp3) is 0.308. The van der Waals surface area contributed by atoms with Gasteiger partial charge in [0.2, 0.25) is 0 Å². The number of carbonyl (C=O) groups excluding carboxylic acids is 1. The van der Waals surface area contributed by atoms with Crippen molar-refractivity contribution in [3.8, 4) is 5.75 Å². The minimum Gasteiger partial charge on any atom is -0.484 e. The molecule has 10 heteroatoms. The van der Waals surface area contributed by atoms with E-state index in [2.05, 4.69) is 5.10 Å². The first-order valence-electron chi connectivity index (χ1n) is 11.3. The number of rotatable bonds is 6. The quantitative estimate of drug-likeness (QED) is 0.402. The molecule has 190 valence electrons. The van der Waals surface area contributed by atoms with Crippen LogP contribution in [0.25, 0.3) is 10.9 Å². The highest BCUT2D eigenvalue weighted by atomic mass is 19.4. The van der Waals surface area contributed by atoms with E-state index in [4.69, 9.17) is 4.74 Å². The summed E-state index contributed by atoms with van der Waals surface area (Å²) in [5.41, 5.74) is 1.37. The van der Waals surface area contributed by atoms with Crippen LogP contribution >= 0.6 is 0 Å². The average molecular weight is 505 g/mol. The summed E-state index contributed by atoms with van der Waals surface area (Å²) >= 11 is 0. The highest BCUT2D eigenvalue weighted by Crippen LogP contribution is 2.33. The number of nitrogens with one attached hydrogen (secondary N) is 1. The Bertz CT molecular complexity index is 1350. The molecule has 4 rings (SSSR count). The molecule has 0 radical (unpaired) electrons. The SMILES string of the molecule is Cc1ccc([C@@H](Oc2ccc3c(cnn3C3C=CC(F)=CC3C)c2)[C@H](C)NC(=O)C(F)(F)F)cc1F. The zero-order valence-corrected chi connectivity index (χ0v) is 19.7. The predicted molar refractivity (Wildman–Crippen MR) is 124 cm³/mol. The van der Waals surface area contributed by atoms with Crippen LogP contribution in [0.2, 0.25) is 0 Å². The zero-order chi connectivity index (χ0) is 26.2. The number of allylic oxidation sites excluding steroid dienone is 4. The highest BCUT2D eigenvalue weighted by molar-refractivity contribution is 5.82. The van der Waals surface area contributed by atoms with Crippen molar-refractivity contribution in [2.45, 2.75) is 45.1 Å². The summed E-state index contributed by atoms with van der Waals surface area (Å²) in [5.74, 6) is -2.82. The largest absolute Gasteiger partial charge is 0.484 e. The first kappa shape index (κ1) is 25.4. The Kier molecular flexibility index (Phi) is 6.88. The van der Waals surface area contributed by atoms with Crippen LogP contribution in [0.5, 0.6) is 5.75 Å². The molecule has 36 heavy (non-hydrogen) atoms. The third kappa shape index (κ3) is 5.27. The molecular weight excluding hydrogens is 481 g/mol. The van der Waals surface area contributed by atoms with Gasteiger partial charge in [0, 0.05) is 11.3 Å². The maximum absolute atomic E-state index is 14.3. The number of amides is 1. The molecular formula is C26H24F5N3O2. The van der Waals surface area contributed by atoms with Crippen molar-refractivity contribution >= 4 is 16.8 Å². The number of benzene rings is 2. The number of ether oxygens (including phenoxy) is 1. The smallest absolute Gasteiger partial charge is 0.471 e. The molecule has 1 heterocycles. The molecule has 0 spiro atoms. The number of aryl methyl sites for hydroxylation is 1. The molecule has 0 aliphatic heterocycles. The number of aromatic nitrogens is 2. The van der Waals surface area contributed by atoms with E-state index >= 15 is 0 Å². The van der Waals surface area contributed by atoms with Crippen molar-refractivity contribution in [1.29, 1.82) is 0 Å². The van der Waals surface area contributed by atoms with E-state index in [0.29, 0.717) is 16.7 Å². The third-order valence-corrected chi connectivity index (χ3v) is 6.12. The van der Waals surface area contributed by atoms with E-state index in [-0.39, 0.29) is 23.4 Å². The molecule has 2 aromatic carbocycles. The summed E-state index contributed by atoms with van der Waals surface area (Å²) in [6.45, 7) is 4.79. The fourth-order valence-corrected chi connectivity index (χ4v) is 4.17. The number of alkyl halides is 3.